The molecule has 1 aliphatic rings. The summed E-state index contributed by atoms with van der Waals surface area (Å²) in [5.74, 6) is 0. The Kier molecular flexibility index (Phi) is 2.80. The molecule has 86 valence electrons. The Morgan fingerprint density at radius 3 is 2.31 bits per heavy atom. The molecule has 0 aromatic heterocycles. The maximum absolute atomic E-state index is 11.6. The van der Waals surface area contributed by atoms with Crippen LogP contribution in [0.25, 0.3) is 0 Å². The molecule has 0 unspecified atom stereocenters. The van der Waals surface area contributed by atoms with Crippen LogP contribution in [0.15, 0.2) is 24.3 Å². The fraction of sp³-hybridized carbons (Fsp3) is 0.417. The summed E-state index contributed by atoms with van der Waals surface area (Å²) >= 11 is 5.84. The van der Waals surface area contributed by atoms with Crippen molar-refractivity contribution in [1.82, 2.24) is 10.2 Å². The number of nitrogens with zero attached hydrogens (tertiary/aromatic N) is 1. The van der Waals surface area contributed by atoms with Crippen molar-refractivity contribution in [3.63, 3.8) is 0 Å². The van der Waals surface area contributed by atoms with Crippen LogP contribution in [-0.4, -0.2) is 25.0 Å². The number of carbonyl (C=O) groups is 1. The standard InChI is InChI=1S/C12H15ClN2O/c1-15(2)11(16)14-12(7-8-12)9-3-5-10(13)6-4-9/h3-6H,7-8H2,1-2H3,(H,14,16). The maximum atomic E-state index is 11.6. The van der Waals surface area contributed by atoms with Crippen LogP contribution in [0.2, 0.25) is 5.02 Å². The van der Waals surface area contributed by atoms with Gasteiger partial charge in [-0.15, -0.1) is 0 Å². The molecule has 16 heavy (non-hydrogen) atoms. The van der Waals surface area contributed by atoms with E-state index >= 15 is 0 Å². The minimum atomic E-state index is -0.161. The second kappa shape index (κ2) is 3.98. The third-order valence-electron chi connectivity index (χ3n) is 2.90. The topological polar surface area (TPSA) is 32.3 Å². The smallest absolute Gasteiger partial charge is 0.317 e. The number of nitrogens with one attached hydrogen (secondary N) is 1. The maximum Gasteiger partial charge on any atom is 0.317 e. The van der Waals surface area contributed by atoms with E-state index in [4.69, 9.17) is 11.6 Å². The summed E-state index contributed by atoms with van der Waals surface area (Å²) in [6, 6.07) is 7.63. The van der Waals surface area contributed by atoms with E-state index in [1.807, 2.05) is 24.3 Å². The third kappa shape index (κ3) is 2.14. The fourth-order valence-electron chi connectivity index (χ4n) is 1.70. The van der Waals surface area contributed by atoms with Crippen molar-refractivity contribution in [2.75, 3.05) is 14.1 Å². The van der Waals surface area contributed by atoms with Gasteiger partial charge in [-0.05, 0) is 30.5 Å². The first-order chi connectivity index (χ1) is 7.53. The van der Waals surface area contributed by atoms with Crippen molar-refractivity contribution in [3.05, 3.63) is 34.9 Å². The molecule has 4 heteroatoms. The van der Waals surface area contributed by atoms with Crippen molar-refractivity contribution in [2.24, 2.45) is 0 Å². The average Bonchev–Trinajstić information content (AvgIpc) is 2.99. The second-order valence-corrected chi connectivity index (χ2v) is 4.85. The van der Waals surface area contributed by atoms with Gasteiger partial charge in [0.25, 0.3) is 0 Å². The van der Waals surface area contributed by atoms with E-state index in [2.05, 4.69) is 5.32 Å². The van der Waals surface area contributed by atoms with Gasteiger partial charge in [-0.3, -0.25) is 0 Å². The lowest BCUT2D eigenvalue weighted by molar-refractivity contribution is 0.211. The summed E-state index contributed by atoms with van der Waals surface area (Å²) in [6.07, 6.45) is 1.99. The summed E-state index contributed by atoms with van der Waals surface area (Å²) in [5, 5.41) is 3.77. The summed E-state index contributed by atoms with van der Waals surface area (Å²) in [7, 11) is 3.49. The zero-order valence-electron chi connectivity index (χ0n) is 9.46. The molecule has 3 nitrogen and oxygen atoms in total. The van der Waals surface area contributed by atoms with Gasteiger partial charge >= 0.3 is 6.03 Å². The molecule has 1 saturated carbocycles. The summed E-state index contributed by atoms with van der Waals surface area (Å²) in [4.78, 5) is 13.2. The predicted molar refractivity (Wildman–Crippen MR) is 64.6 cm³/mol. The lowest BCUT2D eigenvalue weighted by Gasteiger charge is -2.21. The van der Waals surface area contributed by atoms with Gasteiger partial charge in [-0.2, -0.15) is 0 Å². The molecule has 1 aromatic carbocycles. The van der Waals surface area contributed by atoms with Crippen molar-refractivity contribution < 1.29 is 4.79 Å². The van der Waals surface area contributed by atoms with Crippen molar-refractivity contribution in [1.29, 1.82) is 0 Å². The molecule has 0 atom stereocenters. The lowest BCUT2D eigenvalue weighted by Crippen LogP contribution is -2.41. The van der Waals surface area contributed by atoms with E-state index in [0.717, 1.165) is 23.4 Å². The second-order valence-electron chi connectivity index (χ2n) is 4.41. The number of carbonyl (C=O) groups excluding carboxylic acids is 1. The zero-order chi connectivity index (χ0) is 11.8. The predicted octanol–water partition coefficient (Wildman–Crippen LogP) is 2.60. The molecule has 1 fully saturated rings. The summed E-state index contributed by atoms with van der Waals surface area (Å²) in [6.45, 7) is 0. The normalized spacial score (nSPS) is 16.7. The van der Waals surface area contributed by atoms with Crippen molar-refractivity contribution in [2.45, 2.75) is 18.4 Å². The van der Waals surface area contributed by atoms with Gasteiger partial charge in [-0.1, -0.05) is 23.7 Å². The SMILES string of the molecule is CN(C)C(=O)NC1(c2ccc(Cl)cc2)CC1. The van der Waals surface area contributed by atoms with Gasteiger partial charge < -0.3 is 10.2 Å². The Morgan fingerprint density at radius 2 is 1.88 bits per heavy atom. The van der Waals surface area contributed by atoms with Crippen LogP contribution >= 0.6 is 11.6 Å². The molecule has 0 saturated heterocycles. The van der Waals surface area contributed by atoms with Crippen LogP contribution in [0.1, 0.15) is 18.4 Å². The number of amides is 2. The molecule has 0 heterocycles. The van der Waals surface area contributed by atoms with Gasteiger partial charge in [0, 0.05) is 19.1 Å². The lowest BCUT2D eigenvalue weighted by atomic mass is 10.1. The Hall–Kier alpha value is -1.22. The molecule has 0 bridgehead atoms. The first kappa shape index (κ1) is 11.3. The van der Waals surface area contributed by atoms with Crippen LogP contribution in [0.4, 0.5) is 4.79 Å². The van der Waals surface area contributed by atoms with E-state index in [0.29, 0.717) is 0 Å². The minimum Gasteiger partial charge on any atom is -0.331 e. The van der Waals surface area contributed by atoms with Crippen molar-refractivity contribution in [3.8, 4) is 0 Å². The molecule has 2 rings (SSSR count). The Morgan fingerprint density at radius 1 is 1.31 bits per heavy atom. The number of hydrogen-bond acceptors (Lipinski definition) is 1. The molecule has 0 spiro atoms. The molecule has 1 aliphatic carbocycles. The molecular weight excluding hydrogens is 224 g/mol. The van der Waals surface area contributed by atoms with Gasteiger partial charge in [0.15, 0.2) is 0 Å². The molecule has 2 amide bonds. The highest BCUT2D eigenvalue weighted by molar-refractivity contribution is 6.30. The monoisotopic (exact) mass is 238 g/mol. The molecule has 0 radical (unpaired) electrons. The zero-order valence-corrected chi connectivity index (χ0v) is 10.2. The number of halogens is 1. The highest BCUT2D eigenvalue weighted by atomic mass is 35.5. The first-order valence-electron chi connectivity index (χ1n) is 5.29. The van der Waals surface area contributed by atoms with Gasteiger partial charge in [0.05, 0.1) is 5.54 Å². The number of rotatable bonds is 2. The fourth-order valence-corrected chi connectivity index (χ4v) is 1.82. The largest absolute Gasteiger partial charge is 0.331 e. The Labute approximate surface area is 100 Å². The third-order valence-corrected chi connectivity index (χ3v) is 3.15. The minimum absolute atomic E-state index is 0.0487. The van der Waals surface area contributed by atoms with E-state index in [1.165, 1.54) is 0 Å². The number of urea groups is 1. The molecular formula is C12H15ClN2O. The Balaban J connectivity index is 2.14. The highest BCUT2D eigenvalue weighted by Gasteiger charge is 2.45. The summed E-state index contributed by atoms with van der Waals surface area (Å²) in [5.41, 5.74) is 0.971. The van der Waals surface area contributed by atoms with Crippen LogP contribution in [0, 0.1) is 0 Å². The van der Waals surface area contributed by atoms with Gasteiger partial charge in [0.1, 0.15) is 0 Å². The van der Waals surface area contributed by atoms with Crippen LogP contribution in [0.5, 0.6) is 0 Å². The number of benzene rings is 1. The van der Waals surface area contributed by atoms with Crippen LogP contribution < -0.4 is 5.32 Å². The van der Waals surface area contributed by atoms with Crippen LogP contribution in [0.3, 0.4) is 0 Å². The van der Waals surface area contributed by atoms with Gasteiger partial charge in [0.2, 0.25) is 0 Å². The average molecular weight is 239 g/mol. The van der Waals surface area contributed by atoms with E-state index in [9.17, 15) is 4.79 Å². The summed E-state index contributed by atoms with van der Waals surface area (Å²) < 4.78 is 0. The van der Waals surface area contributed by atoms with Crippen LogP contribution in [-0.2, 0) is 5.54 Å². The number of hydrogen-bond donors (Lipinski definition) is 1. The molecule has 1 aromatic rings. The van der Waals surface area contributed by atoms with E-state index in [-0.39, 0.29) is 11.6 Å². The quantitative estimate of drug-likeness (QED) is 0.844. The van der Waals surface area contributed by atoms with E-state index in [1.54, 1.807) is 19.0 Å². The van der Waals surface area contributed by atoms with E-state index < -0.39 is 0 Å². The first-order valence-corrected chi connectivity index (χ1v) is 5.67. The Bertz CT molecular complexity index is 396. The highest BCUT2D eigenvalue weighted by Crippen LogP contribution is 2.45. The molecule has 0 aliphatic heterocycles. The van der Waals surface area contributed by atoms with Crippen molar-refractivity contribution >= 4 is 17.6 Å². The van der Waals surface area contributed by atoms with Gasteiger partial charge in [-0.25, -0.2) is 4.79 Å². The molecule has 1 N–H and O–H groups in total.